The Morgan fingerprint density at radius 1 is 1.11 bits per heavy atom. The monoisotopic (exact) mass is 381 g/mol. The number of carbonyl (C=O) groups is 4. The van der Waals surface area contributed by atoms with Gasteiger partial charge in [0.05, 0.1) is 12.2 Å². The molecule has 7 heteroatoms. The van der Waals surface area contributed by atoms with Gasteiger partial charge in [-0.2, -0.15) is 0 Å². The molecule has 1 atom stereocenters. The number of rotatable bonds is 7. The highest BCUT2D eigenvalue weighted by atomic mass is 16.2. The number of nitrogens with zero attached hydrogens (tertiary/aromatic N) is 1. The van der Waals surface area contributed by atoms with Crippen LogP contribution in [0.1, 0.15) is 51.0 Å². The van der Waals surface area contributed by atoms with E-state index in [1.807, 2.05) is 30.3 Å². The van der Waals surface area contributed by atoms with E-state index in [-0.39, 0.29) is 18.0 Å². The summed E-state index contributed by atoms with van der Waals surface area (Å²) < 4.78 is 0. The zero-order valence-electron chi connectivity index (χ0n) is 16.2. The molecule has 2 N–H and O–H groups in total. The zero-order valence-corrected chi connectivity index (χ0v) is 16.2. The van der Waals surface area contributed by atoms with Crippen molar-refractivity contribution in [2.24, 2.45) is 0 Å². The number of hydrogen-bond acceptors (Lipinski definition) is 4. The first-order chi connectivity index (χ1) is 13.3. The second-order valence-electron chi connectivity index (χ2n) is 7.06. The summed E-state index contributed by atoms with van der Waals surface area (Å²) in [4.78, 5) is 53.1. The van der Waals surface area contributed by atoms with E-state index in [0.29, 0.717) is 29.7 Å². The Labute approximate surface area is 163 Å². The molecule has 1 aliphatic rings. The molecule has 2 heterocycles. The molecule has 0 spiro atoms. The number of H-pyrrole nitrogens is 1. The number of ketones is 2. The number of aromatic nitrogens is 1. The summed E-state index contributed by atoms with van der Waals surface area (Å²) in [6, 6.07) is 8.48. The van der Waals surface area contributed by atoms with E-state index >= 15 is 0 Å². The van der Waals surface area contributed by atoms with Crippen LogP contribution in [-0.2, 0) is 11.2 Å². The van der Waals surface area contributed by atoms with E-state index in [4.69, 9.17) is 0 Å². The quantitative estimate of drug-likeness (QED) is 0.569. The van der Waals surface area contributed by atoms with Crippen molar-refractivity contribution >= 4 is 23.5 Å². The highest BCUT2D eigenvalue weighted by Gasteiger charge is 2.39. The Balaban J connectivity index is 1.68. The van der Waals surface area contributed by atoms with Crippen molar-refractivity contribution in [2.75, 3.05) is 6.54 Å². The summed E-state index contributed by atoms with van der Waals surface area (Å²) in [7, 11) is 0. The fraction of sp³-hybridized carbons (Fsp3) is 0.333. The number of urea groups is 1. The van der Waals surface area contributed by atoms with Crippen LogP contribution in [0.2, 0.25) is 0 Å². The maximum atomic E-state index is 12.7. The van der Waals surface area contributed by atoms with Crippen LogP contribution in [0, 0.1) is 13.8 Å². The van der Waals surface area contributed by atoms with Gasteiger partial charge in [0, 0.05) is 11.3 Å². The molecule has 1 aliphatic heterocycles. The molecule has 7 nitrogen and oxygen atoms in total. The lowest BCUT2D eigenvalue weighted by Gasteiger charge is -2.12. The first-order valence-corrected chi connectivity index (χ1v) is 9.18. The number of aryl methyl sites for hydroxylation is 2. The third kappa shape index (κ3) is 3.74. The molecule has 0 aliphatic carbocycles. The van der Waals surface area contributed by atoms with Crippen molar-refractivity contribution in [3.05, 3.63) is 58.4 Å². The van der Waals surface area contributed by atoms with Crippen LogP contribution in [0.25, 0.3) is 0 Å². The van der Waals surface area contributed by atoms with Crippen LogP contribution in [0.5, 0.6) is 0 Å². The number of imide groups is 1. The number of benzene rings is 1. The molecule has 0 radical (unpaired) electrons. The topological polar surface area (TPSA) is 99.3 Å². The summed E-state index contributed by atoms with van der Waals surface area (Å²) >= 11 is 0. The molecule has 1 aromatic heterocycles. The molecule has 1 saturated heterocycles. The van der Waals surface area contributed by atoms with E-state index in [1.54, 1.807) is 13.8 Å². The van der Waals surface area contributed by atoms with Crippen molar-refractivity contribution in [3.8, 4) is 0 Å². The normalized spacial score (nSPS) is 16.4. The molecule has 2 aromatic rings. The number of carbonyl (C=O) groups excluding carboxylic acids is 4. The van der Waals surface area contributed by atoms with Gasteiger partial charge in [-0.05, 0) is 44.7 Å². The van der Waals surface area contributed by atoms with Crippen LogP contribution < -0.4 is 5.32 Å². The summed E-state index contributed by atoms with van der Waals surface area (Å²) in [5.74, 6) is -0.941. The van der Waals surface area contributed by atoms with Gasteiger partial charge in [0.1, 0.15) is 6.04 Å². The predicted molar refractivity (Wildman–Crippen MR) is 103 cm³/mol. The highest BCUT2D eigenvalue weighted by molar-refractivity contribution is 6.10. The molecule has 146 valence electrons. The lowest BCUT2D eigenvalue weighted by molar-refractivity contribution is -0.127. The van der Waals surface area contributed by atoms with Gasteiger partial charge in [-0.1, -0.05) is 30.3 Å². The largest absolute Gasteiger partial charge is 0.355 e. The SMILES string of the molecule is CC(=O)c1c(C)[nH]c(C(=O)CN2C(=O)N[C@H](CCc3ccccc3)C2=O)c1C. The molecule has 1 aromatic carbocycles. The maximum absolute atomic E-state index is 12.7. The lowest BCUT2D eigenvalue weighted by atomic mass is 10.0. The summed E-state index contributed by atoms with van der Waals surface area (Å²) in [5, 5.41) is 2.65. The molecule has 3 amide bonds. The third-order valence-electron chi connectivity index (χ3n) is 5.04. The van der Waals surface area contributed by atoms with Gasteiger partial charge >= 0.3 is 6.03 Å². The Morgan fingerprint density at radius 3 is 2.39 bits per heavy atom. The van der Waals surface area contributed by atoms with Crippen molar-refractivity contribution in [2.45, 2.75) is 39.7 Å². The number of Topliss-reactive ketones (excluding diaryl/α,β-unsaturated/α-hetero) is 2. The van der Waals surface area contributed by atoms with Gasteiger partial charge < -0.3 is 10.3 Å². The predicted octanol–water partition coefficient (Wildman–Crippen LogP) is 2.57. The molecule has 0 saturated carbocycles. The van der Waals surface area contributed by atoms with Gasteiger partial charge in [-0.25, -0.2) is 4.79 Å². The van der Waals surface area contributed by atoms with Crippen molar-refractivity contribution in [1.82, 2.24) is 15.2 Å². The summed E-state index contributed by atoms with van der Waals surface area (Å²) in [5.41, 5.74) is 2.96. The van der Waals surface area contributed by atoms with E-state index in [9.17, 15) is 19.2 Å². The molecular weight excluding hydrogens is 358 g/mol. The van der Waals surface area contributed by atoms with Crippen molar-refractivity contribution in [1.29, 1.82) is 0 Å². The lowest BCUT2D eigenvalue weighted by Crippen LogP contribution is -2.36. The van der Waals surface area contributed by atoms with Gasteiger partial charge in [-0.3, -0.25) is 19.3 Å². The summed E-state index contributed by atoms with van der Waals surface area (Å²) in [6.07, 6.45) is 1.12. The van der Waals surface area contributed by atoms with Crippen LogP contribution in [-0.4, -0.2) is 46.0 Å². The number of hydrogen-bond donors (Lipinski definition) is 2. The number of aromatic amines is 1. The van der Waals surface area contributed by atoms with Crippen LogP contribution in [0.4, 0.5) is 4.79 Å². The second kappa shape index (κ2) is 7.80. The zero-order chi connectivity index (χ0) is 20.4. The number of amides is 3. The molecule has 1 fully saturated rings. The molecular formula is C21H23N3O4. The van der Waals surface area contributed by atoms with Crippen LogP contribution >= 0.6 is 0 Å². The van der Waals surface area contributed by atoms with Crippen molar-refractivity contribution in [3.63, 3.8) is 0 Å². The Morgan fingerprint density at radius 2 is 1.79 bits per heavy atom. The molecule has 3 rings (SSSR count). The molecule has 0 unspecified atom stereocenters. The third-order valence-corrected chi connectivity index (χ3v) is 5.04. The van der Waals surface area contributed by atoms with E-state index < -0.39 is 23.8 Å². The van der Waals surface area contributed by atoms with Crippen molar-refractivity contribution < 1.29 is 19.2 Å². The molecule has 28 heavy (non-hydrogen) atoms. The van der Waals surface area contributed by atoms with Gasteiger partial charge in [0.15, 0.2) is 11.6 Å². The summed E-state index contributed by atoms with van der Waals surface area (Å²) in [6.45, 7) is 4.48. The van der Waals surface area contributed by atoms with E-state index in [0.717, 1.165) is 10.5 Å². The Hall–Kier alpha value is -3.22. The minimum atomic E-state index is -0.639. The second-order valence-corrected chi connectivity index (χ2v) is 7.06. The van der Waals surface area contributed by atoms with Gasteiger partial charge in [-0.15, -0.1) is 0 Å². The fourth-order valence-electron chi connectivity index (χ4n) is 3.66. The van der Waals surface area contributed by atoms with Gasteiger partial charge in [0.2, 0.25) is 0 Å². The van der Waals surface area contributed by atoms with Gasteiger partial charge in [0.25, 0.3) is 5.91 Å². The fourth-order valence-corrected chi connectivity index (χ4v) is 3.66. The van der Waals surface area contributed by atoms with E-state index in [1.165, 1.54) is 6.92 Å². The average Bonchev–Trinajstić information content (AvgIpc) is 3.10. The Bertz CT molecular complexity index is 946. The Kier molecular flexibility index (Phi) is 5.44. The smallest absolute Gasteiger partial charge is 0.325 e. The highest BCUT2D eigenvalue weighted by Crippen LogP contribution is 2.20. The molecule has 0 bridgehead atoms. The standard InChI is InChI=1S/C21H23N3O4/c1-12-18(14(3)25)13(2)22-19(12)17(26)11-24-20(27)16(23-21(24)28)10-9-15-7-5-4-6-8-15/h4-8,16,22H,9-11H2,1-3H3,(H,23,28)/t16-/m1/s1. The first-order valence-electron chi connectivity index (χ1n) is 9.18. The maximum Gasteiger partial charge on any atom is 0.325 e. The first kappa shape index (κ1) is 19.5. The minimum Gasteiger partial charge on any atom is -0.355 e. The average molecular weight is 381 g/mol. The minimum absolute atomic E-state index is 0.138. The van der Waals surface area contributed by atoms with Crippen LogP contribution in [0.15, 0.2) is 30.3 Å². The van der Waals surface area contributed by atoms with Crippen LogP contribution in [0.3, 0.4) is 0 Å². The number of nitrogens with one attached hydrogen (secondary N) is 2. The van der Waals surface area contributed by atoms with E-state index in [2.05, 4.69) is 10.3 Å².